The molecule has 0 spiro atoms. The zero-order valence-electron chi connectivity index (χ0n) is 11.9. The van der Waals surface area contributed by atoms with E-state index in [0.29, 0.717) is 23.7 Å². The molecular formula is C15H20N6. The Labute approximate surface area is 124 Å². The number of nitrogens with one attached hydrogen (secondary N) is 2. The summed E-state index contributed by atoms with van der Waals surface area (Å²) in [5.41, 5.74) is 6.34. The van der Waals surface area contributed by atoms with Crippen molar-refractivity contribution in [3.63, 3.8) is 0 Å². The van der Waals surface area contributed by atoms with Gasteiger partial charge in [-0.05, 0) is 43.2 Å². The number of nitriles is 1. The van der Waals surface area contributed by atoms with Gasteiger partial charge in [0.25, 0.3) is 0 Å². The van der Waals surface area contributed by atoms with Crippen molar-refractivity contribution in [2.75, 3.05) is 11.1 Å². The number of anilines is 2. The van der Waals surface area contributed by atoms with Gasteiger partial charge >= 0.3 is 0 Å². The summed E-state index contributed by atoms with van der Waals surface area (Å²) in [6.45, 7) is 0. The number of rotatable bonds is 2. The molecule has 110 valence electrons. The van der Waals surface area contributed by atoms with Gasteiger partial charge in [0.1, 0.15) is 5.82 Å². The highest BCUT2D eigenvalue weighted by molar-refractivity contribution is 5.94. The van der Waals surface area contributed by atoms with Crippen molar-refractivity contribution in [1.29, 1.82) is 5.26 Å². The Kier molecular flexibility index (Phi) is 3.91. The van der Waals surface area contributed by atoms with Gasteiger partial charge in [-0.3, -0.25) is 5.32 Å². The molecule has 4 N–H and O–H groups in total. The van der Waals surface area contributed by atoms with Gasteiger partial charge in [-0.15, -0.1) is 0 Å². The fraction of sp³-hybridized carbons (Fsp3) is 0.533. The van der Waals surface area contributed by atoms with Crippen molar-refractivity contribution < 1.29 is 0 Å². The highest BCUT2D eigenvalue weighted by Crippen LogP contribution is 2.42. The zero-order chi connectivity index (χ0) is 14.7. The minimum absolute atomic E-state index is 0.322. The van der Waals surface area contributed by atoms with Crippen LogP contribution in [-0.4, -0.2) is 17.0 Å². The van der Waals surface area contributed by atoms with Crippen LogP contribution < -0.4 is 16.4 Å². The van der Waals surface area contributed by atoms with Crippen molar-refractivity contribution in [3.8, 4) is 6.19 Å². The second kappa shape index (κ2) is 6.00. The van der Waals surface area contributed by atoms with Crippen LogP contribution in [0.2, 0.25) is 0 Å². The van der Waals surface area contributed by atoms with E-state index in [2.05, 4.69) is 15.6 Å². The number of aliphatic imine (C=N–C) groups is 1. The average molecular weight is 284 g/mol. The molecule has 3 aliphatic rings. The minimum Gasteiger partial charge on any atom is -0.384 e. The standard InChI is InChI=1S/C15H20N6/c16-9-19-15(20-12-5-6-14(17)18-8-12)21-13-7-10-1-3-11(13)4-2-10/h5-6,8,10-11,13H,1-4,7H2,(H2,17,18)(H2,19,20,21)/t10?,11?,13-/m0/s1. The zero-order valence-corrected chi connectivity index (χ0v) is 11.9. The van der Waals surface area contributed by atoms with Crippen LogP contribution in [0.15, 0.2) is 23.3 Å². The van der Waals surface area contributed by atoms with E-state index in [1.165, 1.54) is 25.7 Å². The molecule has 0 radical (unpaired) electrons. The monoisotopic (exact) mass is 284 g/mol. The molecule has 3 aliphatic carbocycles. The first-order valence-corrected chi connectivity index (χ1v) is 7.46. The van der Waals surface area contributed by atoms with Crippen molar-refractivity contribution in [2.24, 2.45) is 16.8 Å². The minimum atomic E-state index is 0.322. The Morgan fingerprint density at radius 3 is 2.71 bits per heavy atom. The maximum absolute atomic E-state index is 8.90. The molecule has 0 aromatic carbocycles. The number of fused-ring (bicyclic) bond motifs is 3. The molecule has 1 atom stereocenters. The van der Waals surface area contributed by atoms with Crippen LogP contribution in [0.1, 0.15) is 32.1 Å². The number of aromatic nitrogens is 1. The van der Waals surface area contributed by atoms with Gasteiger partial charge in [0.15, 0.2) is 6.19 Å². The summed E-state index contributed by atoms with van der Waals surface area (Å²) < 4.78 is 0. The number of hydrogen-bond acceptors (Lipinski definition) is 4. The van der Waals surface area contributed by atoms with Crippen LogP contribution >= 0.6 is 0 Å². The van der Waals surface area contributed by atoms with Gasteiger partial charge in [-0.25, -0.2) is 9.98 Å². The predicted octanol–water partition coefficient (Wildman–Crippen LogP) is 2.08. The first-order valence-electron chi connectivity index (χ1n) is 7.46. The van der Waals surface area contributed by atoms with Crippen molar-refractivity contribution in [3.05, 3.63) is 18.3 Å². The third-order valence-corrected chi connectivity index (χ3v) is 4.53. The molecule has 2 bridgehead atoms. The fourth-order valence-electron chi connectivity index (χ4n) is 3.43. The maximum Gasteiger partial charge on any atom is 0.209 e. The molecule has 0 aliphatic heterocycles. The lowest BCUT2D eigenvalue weighted by Crippen LogP contribution is -2.37. The number of guanidine groups is 1. The highest BCUT2D eigenvalue weighted by Gasteiger charge is 2.35. The number of hydrogen-bond donors (Lipinski definition) is 3. The molecular weight excluding hydrogens is 264 g/mol. The quantitative estimate of drug-likeness (QED) is 0.334. The highest BCUT2D eigenvalue weighted by atomic mass is 15.2. The Hall–Kier alpha value is -2.29. The van der Waals surface area contributed by atoms with Crippen LogP contribution in [0, 0.1) is 23.3 Å². The van der Waals surface area contributed by atoms with Crippen molar-refractivity contribution >= 4 is 17.5 Å². The smallest absolute Gasteiger partial charge is 0.209 e. The SMILES string of the molecule is N#CNC(=N[C@H]1CC2CCC1CC2)Nc1ccc(N)nc1. The molecule has 0 amide bonds. The summed E-state index contributed by atoms with van der Waals surface area (Å²) in [6.07, 6.45) is 9.93. The summed E-state index contributed by atoms with van der Waals surface area (Å²) in [5.74, 6) is 2.45. The first-order chi connectivity index (χ1) is 10.2. The fourth-order valence-corrected chi connectivity index (χ4v) is 3.43. The second-order valence-electron chi connectivity index (χ2n) is 5.90. The van der Waals surface area contributed by atoms with Gasteiger partial charge in [-0.2, -0.15) is 5.26 Å². The predicted molar refractivity (Wildman–Crippen MR) is 82.3 cm³/mol. The number of nitrogens with two attached hydrogens (primary N) is 1. The normalized spacial score (nSPS) is 28.0. The largest absolute Gasteiger partial charge is 0.384 e. The molecule has 6 nitrogen and oxygen atoms in total. The molecule has 0 unspecified atom stereocenters. The van der Waals surface area contributed by atoms with E-state index < -0.39 is 0 Å². The third kappa shape index (κ3) is 3.24. The van der Waals surface area contributed by atoms with E-state index in [9.17, 15) is 0 Å². The first kappa shape index (κ1) is 13.7. The Morgan fingerprint density at radius 2 is 2.14 bits per heavy atom. The van der Waals surface area contributed by atoms with E-state index in [1.807, 2.05) is 12.3 Å². The van der Waals surface area contributed by atoms with Gasteiger partial charge in [0, 0.05) is 0 Å². The van der Waals surface area contributed by atoms with E-state index in [0.717, 1.165) is 18.0 Å². The summed E-state index contributed by atoms with van der Waals surface area (Å²) in [5, 5.41) is 14.7. The molecule has 3 fully saturated rings. The van der Waals surface area contributed by atoms with Crippen LogP contribution in [0.25, 0.3) is 0 Å². The Morgan fingerprint density at radius 1 is 1.33 bits per heavy atom. The summed E-state index contributed by atoms with van der Waals surface area (Å²) in [4.78, 5) is 8.77. The van der Waals surface area contributed by atoms with E-state index in [-0.39, 0.29) is 0 Å². The summed E-state index contributed by atoms with van der Waals surface area (Å²) in [7, 11) is 0. The van der Waals surface area contributed by atoms with Gasteiger partial charge in [0.05, 0.1) is 17.9 Å². The second-order valence-corrected chi connectivity index (χ2v) is 5.90. The van der Waals surface area contributed by atoms with Crippen molar-refractivity contribution in [2.45, 2.75) is 38.1 Å². The molecule has 3 saturated carbocycles. The molecule has 1 heterocycles. The molecule has 1 aromatic heterocycles. The van der Waals surface area contributed by atoms with E-state index >= 15 is 0 Å². The number of pyridine rings is 1. The van der Waals surface area contributed by atoms with E-state index in [4.69, 9.17) is 16.0 Å². The van der Waals surface area contributed by atoms with Gasteiger partial charge in [0.2, 0.25) is 5.96 Å². The van der Waals surface area contributed by atoms with Gasteiger partial charge in [-0.1, -0.05) is 12.8 Å². The average Bonchev–Trinajstić information content (AvgIpc) is 2.51. The molecule has 4 rings (SSSR count). The van der Waals surface area contributed by atoms with Crippen LogP contribution in [0.3, 0.4) is 0 Å². The molecule has 1 aromatic rings. The summed E-state index contributed by atoms with van der Waals surface area (Å²) >= 11 is 0. The number of nitrogens with zero attached hydrogens (tertiary/aromatic N) is 3. The third-order valence-electron chi connectivity index (χ3n) is 4.53. The topological polar surface area (TPSA) is 99.1 Å². The van der Waals surface area contributed by atoms with Gasteiger partial charge < -0.3 is 11.1 Å². The summed E-state index contributed by atoms with van der Waals surface area (Å²) in [6, 6.07) is 3.86. The lowest BCUT2D eigenvalue weighted by atomic mass is 9.68. The van der Waals surface area contributed by atoms with E-state index in [1.54, 1.807) is 12.3 Å². The van der Waals surface area contributed by atoms with Crippen LogP contribution in [0.5, 0.6) is 0 Å². The Balaban J connectivity index is 1.73. The Bertz CT molecular complexity index is 551. The lowest BCUT2D eigenvalue weighted by Gasteiger charge is -2.40. The number of nitrogen functional groups attached to an aromatic ring is 1. The molecule has 6 heteroatoms. The molecule has 21 heavy (non-hydrogen) atoms. The van der Waals surface area contributed by atoms with Crippen LogP contribution in [0.4, 0.5) is 11.5 Å². The van der Waals surface area contributed by atoms with Crippen LogP contribution in [-0.2, 0) is 0 Å². The lowest BCUT2D eigenvalue weighted by molar-refractivity contribution is 0.148. The maximum atomic E-state index is 8.90. The van der Waals surface area contributed by atoms with Crippen molar-refractivity contribution in [1.82, 2.24) is 10.3 Å². The molecule has 0 saturated heterocycles.